The Kier molecular flexibility index (Phi) is 6.29. The van der Waals surface area contributed by atoms with Gasteiger partial charge in [0.05, 0.1) is 24.8 Å². The Hall–Kier alpha value is -2.51. The third-order valence-corrected chi connectivity index (χ3v) is 6.96. The predicted molar refractivity (Wildman–Crippen MR) is 112 cm³/mol. The Morgan fingerprint density at radius 2 is 1.90 bits per heavy atom. The van der Waals surface area contributed by atoms with Gasteiger partial charge in [0.1, 0.15) is 10.7 Å². The summed E-state index contributed by atoms with van der Waals surface area (Å²) in [5, 5.41) is 8.89. The first-order valence-electron chi connectivity index (χ1n) is 10.1. The van der Waals surface area contributed by atoms with Crippen molar-refractivity contribution in [2.75, 3.05) is 44.3 Å². The summed E-state index contributed by atoms with van der Waals surface area (Å²) in [6.07, 6.45) is 2.19. The van der Waals surface area contributed by atoms with Crippen LogP contribution in [0.25, 0.3) is 0 Å². The molecule has 2 aromatic rings. The van der Waals surface area contributed by atoms with Crippen molar-refractivity contribution in [2.24, 2.45) is 0 Å². The molecule has 0 radical (unpaired) electrons. The zero-order valence-corrected chi connectivity index (χ0v) is 17.5. The van der Waals surface area contributed by atoms with E-state index in [0.29, 0.717) is 25.3 Å². The van der Waals surface area contributed by atoms with Gasteiger partial charge in [-0.25, -0.2) is 18.1 Å². The van der Waals surface area contributed by atoms with Gasteiger partial charge in [0, 0.05) is 45.0 Å². The molecule has 2 fully saturated rings. The van der Waals surface area contributed by atoms with Crippen molar-refractivity contribution in [1.82, 2.24) is 14.6 Å². The molecule has 1 atom stereocenters. The van der Waals surface area contributed by atoms with Crippen LogP contribution in [0.1, 0.15) is 17.5 Å². The number of likely N-dealkylation sites (tertiary alicyclic amines) is 1. The van der Waals surface area contributed by atoms with Gasteiger partial charge < -0.3 is 9.64 Å². The van der Waals surface area contributed by atoms with Crippen LogP contribution in [0.4, 0.5) is 5.82 Å². The SMILES string of the molecule is N#Cc1ccc(CN2CCC(NS(=O)(=O)c3ccc(N4CCOCC4)nc3)C2)cc1. The normalized spacial score (nSPS) is 20.2. The van der Waals surface area contributed by atoms with E-state index in [2.05, 4.69) is 25.6 Å². The van der Waals surface area contributed by atoms with Crippen molar-refractivity contribution in [1.29, 1.82) is 5.26 Å². The zero-order valence-electron chi connectivity index (χ0n) is 16.7. The minimum absolute atomic E-state index is 0.132. The van der Waals surface area contributed by atoms with Crippen molar-refractivity contribution in [3.63, 3.8) is 0 Å². The fourth-order valence-electron chi connectivity index (χ4n) is 3.81. The summed E-state index contributed by atoms with van der Waals surface area (Å²) in [6, 6.07) is 12.8. The van der Waals surface area contributed by atoms with Gasteiger partial charge in [-0.1, -0.05) is 12.1 Å². The Balaban J connectivity index is 1.33. The largest absolute Gasteiger partial charge is 0.378 e. The van der Waals surface area contributed by atoms with E-state index in [0.717, 1.165) is 44.0 Å². The van der Waals surface area contributed by atoms with E-state index >= 15 is 0 Å². The molecule has 30 heavy (non-hydrogen) atoms. The molecule has 1 unspecified atom stereocenters. The molecule has 1 N–H and O–H groups in total. The van der Waals surface area contributed by atoms with Crippen LogP contribution < -0.4 is 9.62 Å². The molecule has 2 aliphatic heterocycles. The lowest BCUT2D eigenvalue weighted by atomic mass is 10.1. The van der Waals surface area contributed by atoms with Gasteiger partial charge in [-0.3, -0.25) is 4.90 Å². The number of pyridine rings is 1. The number of nitrogens with one attached hydrogen (secondary N) is 1. The zero-order chi connectivity index (χ0) is 21.0. The molecule has 3 heterocycles. The lowest BCUT2D eigenvalue weighted by Crippen LogP contribution is -2.37. The number of hydrogen-bond donors (Lipinski definition) is 1. The molecule has 1 aromatic carbocycles. The van der Waals surface area contributed by atoms with Crippen molar-refractivity contribution in [2.45, 2.75) is 23.9 Å². The Bertz CT molecular complexity index is 996. The molecule has 2 aliphatic rings. The van der Waals surface area contributed by atoms with Crippen LogP contribution in [0.3, 0.4) is 0 Å². The summed E-state index contributed by atoms with van der Waals surface area (Å²) in [7, 11) is -3.61. The summed E-state index contributed by atoms with van der Waals surface area (Å²) in [5.41, 5.74) is 1.75. The maximum absolute atomic E-state index is 12.8. The maximum Gasteiger partial charge on any atom is 0.242 e. The molecule has 0 spiro atoms. The van der Waals surface area contributed by atoms with Crippen molar-refractivity contribution < 1.29 is 13.2 Å². The number of anilines is 1. The number of ether oxygens (including phenoxy) is 1. The van der Waals surface area contributed by atoms with Crippen molar-refractivity contribution >= 4 is 15.8 Å². The quantitative estimate of drug-likeness (QED) is 0.743. The fourth-order valence-corrected chi connectivity index (χ4v) is 5.02. The predicted octanol–water partition coefficient (Wildman–Crippen LogP) is 1.34. The van der Waals surface area contributed by atoms with Crippen LogP contribution in [0.15, 0.2) is 47.5 Å². The number of nitrogens with zero attached hydrogens (tertiary/aromatic N) is 4. The van der Waals surface area contributed by atoms with Gasteiger partial charge in [-0.15, -0.1) is 0 Å². The monoisotopic (exact) mass is 427 g/mol. The molecule has 8 nitrogen and oxygen atoms in total. The van der Waals surface area contributed by atoms with Crippen LogP contribution in [-0.2, 0) is 21.3 Å². The fraction of sp³-hybridized carbons (Fsp3) is 0.429. The summed E-state index contributed by atoms with van der Waals surface area (Å²) in [5.74, 6) is 0.770. The second-order valence-electron chi connectivity index (χ2n) is 7.60. The Labute approximate surface area is 177 Å². The summed E-state index contributed by atoms with van der Waals surface area (Å²) < 4.78 is 33.7. The smallest absolute Gasteiger partial charge is 0.242 e. The highest BCUT2D eigenvalue weighted by atomic mass is 32.2. The first-order chi connectivity index (χ1) is 14.5. The number of morpholine rings is 1. The minimum Gasteiger partial charge on any atom is -0.378 e. The highest BCUT2D eigenvalue weighted by Gasteiger charge is 2.27. The summed E-state index contributed by atoms with van der Waals surface area (Å²) in [4.78, 5) is 8.84. The van der Waals surface area contributed by atoms with Gasteiger partial charge in [0.15, 0.2) is 0 Å². The van der Waals surface area contributed by atoms with E-state index in [1.54, 1.807) is 24.3 Å². The van der Waals surface area contributed by atoms with Crippen LogP contribution in [0, 0.1) is 11.3 Å². The second-order valence-corrected chi connectivity index (χ2v) is 9.32. The van der Waals surface area contributed by atoms with E-state index < -0.39 is 10.0 Å². The molecule has 0 amide bonds. The third-order valence-electron chi connectivity index (χ3n) is 5.45. The van der Waals surface area contributed by atoms with Crippen LogP contribution in [0.2, 0.25) is 0 Å². The van der Waals surface area contributed by atoms with Crippen LogP contribution >= 0.6 is 0 Å². The number of aromatic nitrogens is 1. The minimum atomic E-state index is -3.61. The average Bonchev–Trinajstić information content (AvgIpc) is 3.21. The molecule has 9 heteroatoms. The van der Waals surface area contributed by atoms with E-state index in [9.17, 15) is 8.42 Å². The van der Waals surface area contributed by atoms with Gasteiger partial charge in [-0.2, -0.15) is 5.26 Å². The number of sulfonamides is 1. The third kappa shape index (κ3) is 4.96. The van der Waals surface area contributed by atoms with E-state index in [4.69, 9.17) is 10.00 Å². The molecule has 2 saturated heterocycles. The van der Waals surface area contributed by atoms with Gasteiger partial charge >= 0.3 is 0 Å². The van der Waals surface area contributed by atoms with Gasteiger partial charge in [-0.05, 0) is 36.2 Å². The standard InChI is InChI=1S/C21H25N5O3S/c22-13-17-1-3-18(4-2-17)15-25-8-7-19(16-25)24-30(27,28)20-5-6-21(23-14-20)26-9-11-29-12-10-26/h1-6,14,19,24H,7-12,15-16H2. The van der Waals surface area contributed by atoms with Crippen molar-refractivity contribution in [3.05, 3.63) is 53.7 Å². The van der Waals surface area contributed by atoms with Crippen LogP contribution in [0.5, 0.6) is 0 Å². The highest BCUT2D eigenvalue weighted by molar-refractivity contribution is 7.89. The molecular formula is C21H25N5O3S. The first kappa shape index (κ1) is 20.8. The second kappa shape index (κ2) is 9.10. The van der Waals surface area contributed by atoms with E-state index in [1.165, 1.54) is 6.20 Å². The molecule has 1 aromatic heterocycles. The van der Waals surface area contributed by atoms with Gasteiger partial charge in [0.2, 0.25) is 10.0 Å². The molecule has 158 valence electrons. The lowest BCUT2D eigenvalue weighted by molar-refractivity contribution is 0.122. The lowest BCUT2D eigenvalue weighted by Gasteiger charge is -2.27. The van der Waals surface area contributed by atoms with E-state index in [-0.39, 0.29) is 10.9 Å². The highest BCUT2D eigenvalue weighted by Crippen LogP contribution is 2.19. The molecule has 0 saturated carbocycles. The van der Waals surface area contributed by atoms with Crippen LogP contribution in [-0.4, -0.2) is 63.7 Å². The van der Waals surface area contributed by atoms with Gasteiger partial charge in [0.25, 0.3) is 0 Å². The summed E-state index contributed by atoms with van der Waals surface area (Å²) >= 11 is 0. The number of rotatable bonds is 6. The Morgan fingerprint density at radius 1 is 1.13 bits per heavy atom. The van der Waals surface area contributed by atoms with E-state index in [1.807, 2.05) is 12.1 Å². The average molecular weight is 428 g/mol. The summed E-state index contributed by atoms with van der Waals surface area (Å²) in [6.45, 7) is 5.04. The van der Waals surface area contributed by atoms with Crippen molar-refractivity contribution in [3.8, 4) is 6.07 Å². The Morgan fingerprint density at radius 3 is 2.57 bits per heavy atom. The molecular weight excluding hydrogens is 402 g/mol. The number of hydrogen-bond acceptors (Lipinski definition) is 7. The molecule has 0 bridgehead atoms. The molecule has 4 rings (SSSR count). The number of nitriles is 1. The maximum atomic E-state index is 12.8. The topological polar surface area (TPSA) is 98.6 Å². The first-order valence-corrected chi connectivity index (χ1v) is 11.5. The number of benzene rings is 1. The molecule has 0 aliphatic carbocycles.